The van der Waals surface area contributed by atoms with Crippen molar-refractivity contribution in [3.63, 3.8) is 0 Å². The van der Waals surface area contributed by atoms with Gasteiger partial charge in [-0.1, -0.05) is 13.5 Å². The third-order valence-electron chi connectivity index (χ3n) is 2.44. The van der Waals surface area contributed by atoms with Crippen LogP contribution in [-0.4, -0.2) is 29.8 Å². The normalized spacial score (nSPS) is 27.0. The molecule has 0 aromatic carbocycles. The van der Waals surface area contributed by atoms with Crippen LogP contribution in [-0.2, 0) is 4.79 Å². The molecule has 1 fully saturated rings. The first kappa shape index (κ1) is 10.2. The Bertz CT molecular complexity index is 228. The van der Waals surface area contributed by atoms with E-state index in [1.165, 1.54) is 6.92 Å². The van der Waals surface area contributed by atoms with Crippen molar-refractivity contribution in [2.75, 3.05) is 13.1 Å². The van der Waals surface area contributed by atoms with Gasteiger partial charge in [0, 0.05) is 12.5 Å². The lowest BCUT2D eigenvalue weighted by Gasteiger charge is -2.36. The molecule has 0 aromatic heterocycles. The van der Waals surface area contributed by atoms with Crippen LogP contribution in [0, 0.1) is 5.92 Å². The fourth-order valence-electron chi connectivity index (χ4n) is 1.37. The lowest BCUT2D eigenvalue weighted by atomic mass is 9.95. The fraction of sp³-hybridized carbons (Fsp3) is 0.667. The van der Waals surface area contributed by atoms with Gasteiger partial charge in [0.1, 0.15) is 0 Å². The number of rotatable bonds is 1. The summed E-state index contributed by atoms with van der Waals surface area (Å²) in [5.74, 6) is -3.80. The third kappa shape index (κ3) is 2.05. The number of amides is 1. The van der Waals surface area contributed by atoms with E-state index < -0.39 is 24.3 Å². The second-order valence-corrected chi connectivity index (χ2v) is 3.41. The van der Waals surface area contributed by atoms with Gasteiger partial charge in [0.2, 0.25) is 5.91 Å². The zero-order valence-corrected chi connectivity index (χ0v) is 7.59. The number of carbonyl (C=O) groups is 1. The van der Waals surface area contributed by atoms with Crippen molar-refractivity contribution in [2.24, 2.45) is 5.92 Å². The van der Waals surface area contributed by atoms with Crippen molar-refractivity contribution in [2.45, 2.75) is 19.3 Å². The van der Waals surface area contributed by atoms with Crippen LogP contribution in [0.15, 0.2) is 12.7 Å². The van der Waals surface area contributed by atoms with Gasteiger partial charge in [0.15, 0.2) is 0 Å². The molecule has 1 amide bonds. The van der Waals surface area contributed by atoms with Crippen LogP contribution < -0.4 is 0 Å². The summed E-state index contributed by atoms with van der Waals surface area (Å²) in [5.41, 5.74) is 0. The number of alkyl halides is 2. The van der Waals surface area contributed by atoms with E-state index >= 15 is 0 Å². The quantitative estimate of drug-likeness (QED) is 0.575. The minimum Gasteiger partial charge on any atom is -0.333 e. The molecule has 1 heterocycles. The van der Waals surface area contributed by atoms with E-state index in [4.69, 9.17) is 0 Å². The highest BCUT2D eigenvalue weighted by atomic mass is 19.3. The molecule has 0 N–H and O–H groups in total. The molecule has 1 atom stereocenters. The molecule has 74 valence electrons. The molecule has 13 heavy (non-hydrogen) atoms. The molecule has 1 unspecified atom stereocenters. The molecule has 0 radical (unpaired) electrons. The maximum atomic E-state index is 13.1. The number of halogens is 2. The van der Waals surface area contributed by atoms with E-state index in [0.29, 0.717) is 13.0 Å². The molecule has 0 aliphatic carbocycles. The molecular formula is C9H13F2NO. The molecule has 1 aliphatic rings. The summed E-state index contributed by atoms with van der Waals surface area (Å²) in [6.45, 7) is 4.71. The Balaban J connectivity index is 2.65. The highest BCUT2D eigenvalue weighted by Crippen LogP contribution is 2.32. The van der Waals surface area contributed by atoms with Gasteiger partial charge in [-0.15, -0.1) is 0 Å². The van der Waals surface area contributed by atoms with E-state index in [-0.39, 0.29) is 0 Å². The summed E-state index contributed by atoms with van der Waals surface area (Å²) < 4.78 is 26.2. The molecule has 1 saturated heterocycles. The summed E-state index contributed by atoms with van der Waals surface area (Å²) in [5, 5.41) is 0. The zero-order chi connectivity index (χ0) is 10.1. The maximum absolute atomic E-state index is 13.1. The van der Waals surface area contributed by atoms with Gasteiger partial charge in [-0.2, -0.15) is 0 Å². The average Bonchev–Trinajstić information content (AvgIpc) is 2.08. The predicted octanol–water partition coefficient (Wildman–Crippen LogP) is 1.68. The molecule has 0 saturated carbocycles. The fourth-order valence-corrected chi connectivity index (χ4v) is 1.37. The summed E-state index contributed by atoms with van der Waals surface area (Å²) in [6.07, 6.45) is 1.43. The van der Waals surface area contributed by atoms with Crippen molar-refractivity contribution >= 4 is 5.91 Å². The first-order chi connectivity index (χ1) is 5.97. The topological polar surface area (TPSA) is 20.3 Å². The summed E-state index contributed by atoms with van der Waals surface area (Å²) in [6, 6.07) is 0. The minimum absolute atomic E-state index is 0.354. The van der Waals surface area contributed by atoms with E-state index in [9.17, 15) is 13.6 Å². The van der Waals surface area contributed by atoms with Gasteiger partial charge < -0.3 is 4.90 Å². The van der Waals surface area contributed by atoms with Crippen LogP contribution in [0.2, 0.25) is 0 Å². The monoisotopic (exact) mass is 189 g/mol. The number of nitrogens with zero attached hydrogens (tertiary/aromatic N) is 1. The predicted molar refractivity (Wildman–Crippen MR) is 45.5 cm³/mol. The SMILES string of the molecule is C=CC(=O)N1CCC(C)C(F)(F)C1. The largest absolute Gasteiger partial charge is 0.333 e. The number of likely N-dealkylation sites (tertiary alicyclic amines) is 1. The van der Waals surface area contributed by atoms with Crippen molar-refractivity contribution < 1.29 is 13.6 Å². The van der Waals surface area contributed by atoms with E-state index in [0.717, 1.165) is 11.0 Å². The minimum atomic E-state index is -2.75. The van der Waals surface area contributed by atoms with Crippen molar-refractivity contribution in [3.8, 4) is 0 Å². The molecule has 0 aromatic rings. The Morgan fingerprint density at radius 1 is 1.69 bits per heavy atom. The lowest BCUT2D eigenvalue weighted by Crippen LogP contribution is -2.49. The van der Waals surface area contributed by atoms with Crippen LogP contribution >= 0.6 is 0 Å². The Kier molecular flexibility index (Phi) is 2.68. The summed E-state index contributed by atoms with van der Waals surface area (Å²) >= 11 is 0. The summed E-state index contributed by atoms with van der Waals surface area (Å²) in [4.78, 5) is 12.2. The second-order valence-electron chi connectivity index (χ2n) is 3.41. The number of carbonyl (C=O) groups excluding carboxylic acids is 1. The van der Waals surface area contributed by atoms with Crippen molar-refractivity contribution in [1.29, 1.82) is 0 Å². The Morgan fingerprint density at radius 2 is 2.31 bits per heavy atom. The van der Waals surface area contributed by atoms with Crippen molar-refractivity contribution in [3.05, 3.63) is 12.7 Å². The van der Waals surface area contributed by atoms with Crippen LogP contribution in [0.25, 0.3) is 0 Å². The molecule has 1 rings (SSSR count). The average molecular weight is 189 g/mol. The Hall–Kier alpha value is -0.930. The highest BCUT2D eigenvalue weighted by Gasteiger charge is 2.42. The lowest BCUT2D eigenvalue weighted by molar-refractivity contribution is -0.144. The van der Waals surface area contributed by atoms with Gasteiger partial charge in [-0.3, -0.25) is 4.79 Å². The van der Waals surface area contributed by atoms with Crippen LogP contribution in [0.1, 0.15) is 13.3 Å². The van der Waals surface area contributed by atoms with Gasteiger partial charge in [-0.05, 0) is 12.5 Å². The van der Waals surface area contributed by atoms with E-state index in [1.807, 2.05) is 0 Å². The van der Waals surface area contributed by atoms with Gasteiger partial charge in [0.25, 0.3) is 5.92 Å². The molecular weight excluding hydrogens is 176 g/mol. The molecule has 0 spiro atoms. The summed E-state index contributed by atoms with van der Waals surface area (Å²) in [7, 11) is 0. The van der Waals surface area contributed by atoms with Crippen LogP contribution in [0.3, 0.4) is 0 Å². The Morgan fingerprint density at radius 3 is 2.77 bits per heavy atom. The molecule has 4 heteroatoms. The van der Waals surface area contributed by atoms with Crippen LogP contribution in [0.5, 0.6) is 0 Å². The number of hydrogen-bond acceptors (Lipinski definition) is 1. The molecule has 1 aliphatic heterocycles. The van der Waals surface area contributed by atoms with Gasteiger partial charge in [-0.25, -0.2) is 8.78 Å². The van der Waals surface area contributed by atoms with Crippen molar-refractivity contribution in [1.82, 2.24) is 4.90 Å². The second kappa shape index (κ2) is 3.44. The molecule has 0 bridgehead atoms. The Labute approximate surface area is 76.2 Å². The maximum Gasteiger partial charge on any atom is 0.267 e. The first-order valence-corrected chi connectivity index (χ1v) is 4.26. The zero-order valence-electron chi connectivity index (χ0n) is 7.59. The number of hydrogen-bond donors (Lipinski definition) is 0. The molecule has 2 nitrogen and oxygen atoms in total. The number of piperidine rings is 1. The van der Waals surface area contributed by atoms with Gasteiger partial charge in [0.05, 0.1) is 6.54 Å². The first-order valence-electron chi connectivity index (χ1n) is 4.26. The van der Waals surface area contributed by atoms with E-state index in [2.05, 4.69) is 6.58 Å². The van der Waals surface area contributed by atoms with Crippen LogP contribution in [0.4, 0.5) is 8.78 Å². The smallest absolute Gasteiger partial charge is 0.267 e. The standard InChI is InChI=1S/C9H13F2NO/c1-3-8(13)12-5-4-7(2)9(10,11)6-12/h3,7H,1,4-6H2,2H3. The third-order valence-corrected chi connectivity index (χ3v) is 2.44. The van der Waals surface area contributed by atoms with E-state index in [1.54, 1.807) is 0 Å². The highest BCUT2D eigenvalue weighted by molar-refractivity contribution is 5.87. The van der Waals surface area contributed by atoms with Gasteiger partial charge >= 0.3 is 0 Å².